The molecule has 0 bridgehead atoms. The van der Waals surface area contributed by atoms with Crippen LogP contribution in [0.4, 0.5) is 13.2 Å². The van der Waals surface area contributed by atoms with Gasteiger partial charge in [0.1, 0.15) is 5.75 Å². The molecule has 0 heterocycles. The van der Waals surface area contributed by atoms with Gasteiger partial charge in [0.05, 0.1) is 6.61 Å². The molecule has 0 amide bonds. The van der Waals surface area contributed by atoms with E-state index in [-0.39, 0.29) is 6.61 Å². The van der Waals surface area contributed by atoms with E-state index in [0.717, 1.165) is 12.1 Å². The monoisotopic (exact) mass is 256 g/mol. The zero-order valence-corrected chi connectivity index (χ0v) is 8.55. The Morgan fingerprint density at radius 3 is 2.06 bits per heavy atom. The highest BCUT2D eigenvalue weighted by molar-refractivity contribution is 7.87. The molecular weight excluding hydrogens is 249 g/mol. The van der Waals surface area contributed by atoms with Crippen LogP contribution in [0.1, 0.15) is 5.56 Å². The Hall–Kier alpha value is -1.28. The van der Waals surface area contributed by atoms with Gasteiger partial charge >= 0.3 is 15.6 Å². The normalized spacial score (nSPS) is 12.5. The summed E-state index contributed by atoms with van der Waals surface area (Å²) in [5.41, 5.74) is -5.03. The maximum atomic E-state index is 11.9. The second-order valence-electron chi connectivity index (χ2n) is 2.79. The fraction of sp³-hybridized carbons (Fsp3) is 0.250. The van der Waals surface area contributed by atoms with Gasteiger partial charge in [-0.05, 0) is 17.7 Å². The second kappa shape index (κ2) is 4.30. The average Bonchev–Trinajstić information content (AvgIpc) is 2.16. The van der Waals surface area contributed by atoms with Gasteiger partial charge in [-0.1, -0.05) is 12.1 Å². The summed E-state index contributed by atoms with van der Waals surface area (Å²) in [6, 6.07) is 4.55. The van der Waals surface area contributed by atoms with Crippen LogP contribution < -0.4 is 4.18 Å². The highest BCUT2D eigenvalue weighted by atomic mass is 32.2. The fourth-order valence-corrected chi connectivity index (χ4v) is 1.28. The molecule has 8 heteroatoms. The van der Waals surface area contributed by atoms with Crippen LogP contribution >= 0.6 is 0 Å². The van der Waals surface area contributed by atoms with E-state index in [2.05, 4.69) is 4.18 Å². The number of rotatable bonds is 3. The molecular formula is C8H7F3O4S. The first-order valence-corrected chi connectivity index (χ1v) is 5.37. The van der Waals surface area contributed by atoms with E-state index < -0.39 is 21.4 Å². The number of hydrogen-bond donors (Lipinski definition) is 1. The van der Waals surface area contributed by atoms with E-state index in [0.29, 0.717) is 5.56 Å². The van der Waals surface area contributed by atoms with Gasteiger partial charge in [-0.3, -0.25) is 0 Å². The first-order chi connectivity index (χ1) is 7.26. The van der Waals surface area contributed by atoms with Crippen molar-refractivity contribution in [2.24, 2.45) is 0 Å². The third-order valence-electron chi connectivity index (χ3n) is 1.60. The quantitative estimate of drug-likeness (QED) is 0.656. The van der Waals surface area contributed by atoms with Crippen LogP contribution in [-0.2, 0) is 16.7 Å². The Balaban J connectivity index is 2.89. The lowest BCUT2D eigenvalue weighted by atomic mass is 10.2. The van der Waals surface area contributed by atoms with E-state index in [4.69, 9.17) is 5.11 Å². The maximum Gasteiger partial charge on any atom is 0.534 e. The Kier molecular flexibility index (Phi) is 3.44. The van der Waals surface area contributed by atoms with Crippen molar-refractivity contribution in [2.75, 3.05) is 0 Å². The third kappa shape index (κ3) is 2.86. The van der Waals surface area contributed by atoms with Crippen molar-refractivity contribution in [3.63, 3.8) is 0 Å². The highest BCUT2D eigenvalue weighted by Crippen LogP contribution is 2.26. The van der Waals surface area contributed by atoms with Crippen LogP contribution in [-0.4, -0.2) is 19.0 Å². The number of benzene rings is 1. The van der Waals surface area contributed by atoms with Crippen LogP contribution in [0.15, 0.2) is 24.3 Å². The molecule has 0 atom stereocenters. The van der Waals surface area contributed by atoms with E-state index in [1.807, 2.05) is 0 Å². The summed E-state index contributed by atoms with van der Waals surface area (Å²) < 4.78 is 60.7. The van der Waals surface area contributed by atoms with Crippen LogP contribution in [0.2, 0.25) is 0 Å². The Labute approximate surface area is 89.4 Å². The molecule has 1 aromatic rings. The number of alkyl halides is 3. The smallest absolute Gasteiger partial charge is 0.392 e. The average molecular weight is 256 g/mol. The van der Waals surface area contributed by atoms with Crippen molar-refractivity contribution >= 4 is 10.1 Å². The molecule has 0 spiro atoms. The largest absolute Gasteiger partial charge is 0.534 e. The van der Waals surface area contributed by atoms with Crippen LogP contribution in [0.5, 0.6) is 5.75 Å². The second-order valence-corrected chi connectivity index (χ2v) is 4.32. The molecule has 0 aromatic heterocycles. The predicted octanol–water partition coefficient (Wildman–Crippen LogP) is 1.41. The number of aliphatic hydroxyl groups excluding tert-OH is 1. The highest BCUT2D eigenvalue weighted by Gasteiger charge is 2.48. The lowest BCUT2D eigenvalue weighted by Crippen LogP contribution is -2.28. The van der Waals surface area contributed by atoms with Gasteiger partial charge in [-0.25, -0.2) is 0 Å². The first kappa shape index (κ1) is 12.8. The molecule has 0 radical (unpaired) electrons. The van der Waals surface area contributed by atoms with Crippen molar-refractivity contribution in [1.29, 1.82) is 0 Å². The molecule has 90 valence electrons. The van der Waals surface area contributed by atoms with Crippen molar-refractivity contribution < 1.29 is 30.9 Å². The summed E-state index contributed by atoms with van der Waals surface area (Å²) >= 11 is 0. The number of halogens is 3. The predicted molar refractivity (Wildman–Crippen MR) is 48.0 cm³/mol. The van der Waals surface area contributed by atoms with E-state index >= 15 is 0 Å². The Morgan fingerprint density at radius 2 is 1.69 bits per heavy atom. The standard InChI is InChI=1S/C8H7F3O4S/c9-8(10,11)16(13,14)15-7-3-1-6(5-12)2-4-7/h1-4,12H,5H2. The van der Waals surface area contributed by atoms with Crippen LogP contribution in [0.3, 0.4) is 0 Å². The summed E-state index contributed by atoms with van der Waals surface area (Å²) in [5, 5.41) is 8.65. The van der Waals surface area contributed by atoms with Crippen LogP contribution in [0, 0.1) is 0 Å². The first-order valence-electron chi connectivity index (χ1n) is 3.97. The lowest BCUT2D eigenvalue weighted by molar-refractivity contribution is -0.0500. The summed E-state index contributed by atoms with van der Waals surface area (Å²) in [6.07, 6.45) is 0. The van der Waals surface area contributed by atoms with Gasteiger partial charge in [0.15, 0.2) is 0 Å². The molecule has 16 heavy (non-hydrogen) atoms. The molecule has 0 aliphatic carbocycles. The minimum atomic E-state index is -5.63. The molecule has 0 saturated carbocycles. The number of aliphatic hydroxyl groups is 1. The SMILES string of the molecule is O=S(=O)(Oc1ccc(CO)cc1)C(F)(F)F. The summed E-state index contributed by atoms with van der Waals surface area (Å²) in [4.78, 5) is 0. The van der Waals surface area contributed by atoms with E-state index in [1.165, 1.54) is 12.1 Å². The molecule has 1 rings (SSSR count). The van der Waals surface area contributed by atoms with Gasteiger partial charge < -0.3 is 9.29 Å². The molecule has 1 aromatic carbocycles. The van der Waals surface area contributed by atoms with Crippen molar-refractivity contribution in [3.8, 4) is 5.75 Å². The summed E-state index contributed by atoms with van der Waals surface area (Å²) in [7, 11) is -5.63. The van der Waals surface area contributed by atoms with E-state index in [1.54, 1.807) is 0 Å². The third-order valence-corrected chi connectivity index (χ3v) is 2.57. The minimum absolute atomic E-state index is 0.299. The van der Waals surface area contributed by atoms with Gasteiger partial charge in [0, 0.05) is 0 Å². The molecule has 0 aliphatic rings. The maximum absolute atomic E-state index is 11.9. The summed E-state index contributed by atoms with van der Waals surface area (Å²) in [6.45, 7) is -0.299. The zero-order valence-electron chi connectivity index (χ0n) is 7.73. The summed E-state index contributed by atoms with van der Waals surface area (Å²) in [5.74, 6) is -0.463. The molecule has 0 fully saturated rings. The minimum Gasteiger partial charge on any atom is -0.392 e. The Bertz CT molecular complexity index is 449. The fourth-order valence-electron chi connectivity index (χ4n) is 0.824. The molecule has 0 aliphatic heterocycles. The van der Waals surface area contributed by atoms with Gasteiger partial charge in [0.25, 0.3) is 0 Å². The molecule has 4 nitrogen and oxygen atoms in total. The van der Waals surface area contributed by atoms with Crippen molar-refractivity contribution in [2.45, 2.75) is 12.1 Å². The molecule has 0 saturated heterocycles. The van der Waals surface area contributed by atoms with Crippen molar-refractivity contribution in [3.05, 3.63) is 29.8 Å². The van der Waals surface area contributed by atoms with Gasteiger partial charge in [-0.15, -0.1) is 0 Å². The molecule has 1 N–H and O–H groups in total. The van der Waals surface area contributed by atoms with E-state index in [9.17, 15) is 21.6 Å². The number of hydrogen-bond acceptors (Lipinski definition) is 4. The van der Waals surface area contributed by atoms with Crippen molar-refractivity contribution in [1.82, 2.24) is 0 Å². The van der Waals surface area contributed by atoms with Gasteiger partial charge in [-0.2, -0.15) is 21.6 Å². The lowest BCUT2D eigenvalue weighted by Gasteiger charge is -2.09. The van der Waals surface area contributed by atoms with Crippen LogP contribution in [0.25, 0.3) is 0 Å². The van der Waals surface area contributed by atoms with Gasteiger partial charge in [0.2, 0.25) is 0 Å². The zero-order chi connectivity index (χ0) is 12.4. The molecule has 0 unspecified atom stereocenters. The topological polar surface area (TPSA) is 63.6 Å². The Morgan fingerprint density at radius 1 is 1.19 bits per heavy atom.